The Hall–Kier alpha value is -5.34. The number of rotatable bonds is 14. The zero-order valence-corrected chi connectivity index (χ0v) is 26.8. The highest BCUT2D eigenvalue weighted by molar-refractivity contribution is 5.94. The van der Waals surface area contributed by atoms with Crippen LogP contribution in [0.5, 0.6) is 23.0 Å². The van der Waals surface area contributed by atoms with Gasteiger partial charge in [0.15, 0.2) is 0 Å². The van der Waals surface area contributed by atoms with E-state index in [4.69, 9.17) is 28.4 Å². The maximum atomic E-state index is 12.7. The minimum atomic E-state index is -0.549. The number of hydrogen-bond acceptors (Lipinski definition) is 8. The van der Waals surface area contributed by atoms with Gasteiger partial charge in [-0.05, 0) is 112 Å². The van der Waals surface area contributed by atoms with Crippen molar-refractivity contribution in [2.75, 3.05) is 26.4 Å². The third-order valence-electron chi connectivity index (χ3n) is 7.36. The molecule has 47 heavy (non-hydrogen) atoms. The predicted octanol–water partition coefficient (Wildman–Crippen LogP) is 7.84. The Balaban J connectivity index is 1.02. The van der Waals surface area contributed by atoms with Crippen molar-refractivity contribution in [3.8, 4) is 23.0 Å². The molecule has 0 N–H and O–H groups in total. The highest BCUT2D eigenvalue weighted by atomic mass is 16.5. The van der Waals surface area contributed by atoms with E-state index in [0.717, 1.165) is 11.5 Å². The number of carbonyl (C=O) groups is 2. The van der Waals surface area contributed by atoms with Gasteiger partial charge in [0.05, 0.1) is 23.3 Å². The van der Waals surface area contributed by atoms with Crippen molar-refractivity contribution in [2.24, 2.45) is 0 Å². The first kappa shape index (κ1) is 33.0. The summed E-state index contributed by atoms with van der Waals surface area (Å²) in [7, 11) is 0. The molecule has 0 saturated heterocycles. The van der Waals surface area contributed by atoms with E-state index in [-0.39, 0.29) is 0 Å². The summed E-state index contributed by atoms with van der Waals surface area (Å²) in [5.41, 5.74) is 2.42. The number of benzene rings is 4. The van der Waals surface area contributed by atoms with Crippen LogP contribution in [0.2, 0.25) is 0 Å². The quantitative estimate of drug-likeness (QED) is 0.0788. The molecule has 5 rings (SSSR count). The first-order valence-electron chi connectivity index (χ1n) is 15.4. The standard InChI is InChI=1S/C39H38O8/c1-28-4-12-32(13-5-28)42-24-25-43-34-16-18-35(19-17-34)46-37(40)30-8-10-31(11-9-30)38(41)47-36-20-22-39(3,23-21-36)45-27-26-44-33-14-6-29(2)7-15-33/h4-22H,23-27H2,1-3H3. The Kier molecular flexibility index (Phi) is 11.1. The number of aryl methyl sites for hydroxylation is 2. The second-order valence-corrected chi connectivity index (χ2v) is 11.3. The van der Waals surface area contributed by atoms with Gasteiger partial charge in [-0.3, -0.25) is 0 Å². The third kappa shape index (κ3) is 10.1. The van der Waals surface area contributed by atoms with Crippen LogP contribution in [0.4, 0.5) is 0 Å². The maximum Gasteiger partial charge on any atom is 0.343 e. The summed E-state index contributed by atoms with van der Waals surface area (Å²) in [5.74, 6) is 1.94. The fourth-order valence-corrected chi connectivity index (χ4v) is 4.58. The molecule has 0 aliphatic heterocycles. The third-order valence-corrected chi connectivity index (χ3v) is 7.36. The van der Waals surface area contributed by atoms with Crippen molar-refractivity contribution in [1.82, 2.24) is 0 Å². The molecular weight excluding hydrogens is 596 g/mol. The van der Waals surface area contributed by atoms with Gasteiger partial charge >= 0.3 is 11.9 Å². The monoisotopic (exact) mass is 634 g/mol. The number of allylic oxidation sites excluding steroid dienone is 1. The first-order valence-corrected chi connectivity index (χ1v) is 15.4. The summed E-state index contributed by atoms with van der Waals surface area (Å²) in [6.07, 6.45) is 5.96. The van der Waals surface area contributed by atoms with Gasteiger partial charge in [-0.25, -0.2) is 9.59 Å². The van der Waals surface area contributed by atoms with E-state index in [1.165, 1.54) is 35.4 Å². The van der Waals surface area contributed by atoms with Gasteiger partial charge in [0.25, 0.3) is 0 Å². The van der Waals surface area contributed by atoms with Crippen LogP contribution >= 0.6 is 0 Å². The molecule has 4 aromatic rings. The van der Waals surface area contributed by atoms with Crippen LogP contribution in [0.25, 0.3) is 0 Å². The highest BCUT2D eigenvalue weighted by Crippen LogP contribution is 2.26. The summed E-state index contributed by atoms with van der Waals surface area (Å²) in [4.78, 5) is 25.4. The van der Waals surface area contributed by atoms with Gasteiger partial charge in [-0.1, -0.05) is 35.4 Å². The average molecular weight is 635 g/mol. The van der Waals surface area contributed by atoms with Gasteiger partial charge < -0.3 is 28.4 Å². The maximum absolute atomic E-state index is 12.7. The van der Waals surface area contributed by atoms with E-state index in [0.29, 0.717) is 61.2 Å². The molecule has 1 atom stereocenters. The van der Waals surface area contributed by atoms with Gasteiger partial charge in [0, 0.05) is 6.42 Å². The van der Waals surface area contributed by atoms with Crippen molar-refractivity contribution in [3.05, 3.63) is 143 Å². The molecule has 1 aliphatic rings. The smallest absolute Gasteiger partial charge is 0.343 e. The molecule has 8 nitrogen and oxygen atoms in total. The van der Waals surface area contributed by atoms with E-state index >= 15 is 0 Å². The van der Waals surface area contributed by atoms with Crippen LogP contribution in [-0.4, -0.2) is 44.0 Å². The topological polar surface area (TPSA) is 89.5 Å². The minimum absolute atomic E-state index is 0.297. The lowest BCUT2D eigenvalue weighted by Gasteiger charge is -2.28. The Morgan fingerprint density at radius 1 is 0.574 bits per heavy atom. The van der Waals surface area contributed by atoms with Crippen molar-refractivity contribution in [1.29, 1.82) is 0 Å². The number of ether oxygens (including phenoxy) is 6. The molecule has 0 radical (unpaired) electrons. The van der Waals surface area contributed by atoms with Gasteiger partial charge in [-0.2, -0.15) is 0 Å². The summed E-state index contributed by atoms with van der Waals surface area (Å²) in [6.45, 7) is 7.63. The molecule has 8 heteroatoms. The van der Waals surface area contributed by atoms with Crippen molar-refractivity contribution in [2.45, 2.75) is 32.8 Å². The fourth-order valence-electron chi connectivity index (χ4n) is 4.58. The second-order valence-electron chi connectivity index (χ2n) is 11.3. The Morgan fingerprint density at radius 3 is 1.47 bits per heavy atom. The molecule has 0 saturated carbocycles. The predicted molar refractivity (Wildman–Crippen MR) is 178 cm³/mol. The molecule has 1 unspecified atom stereocenters. The van der Waals surface area contributed by atoms with Crippen LogP contribution < -0.4 is 18.9 Å². The molecule has 0 heterocycles. The Morgan fingerprint density at radius 2 is 1.00 bits per heavy atom. The summed E-state index contributed by atoms with van der Waals surface area (Å²) < 4.78 is 34.2. The van der Waals surface area contributed by atoms with E-state index in [1.807, 2.05) is 81.5 Å². The Bertz CT molecular complexity index is 1690. The summed E-state index contributed by atoms with van der Waals surface area (Å²) in [6, 6.07) is 28.6. The number of esters is 2. The SMILES string of the molecule is Cc1ccc(OCCOc2ccc(OC(=O)c3ccc(C(=O)OC4=CCC(C)(OCCOc5ccc(C)cc5)C=C4)cc3)cc2)cc1. The minimum Gasteiger partial charge on any atom is -0.491 e. The van der Waals surface area contributed by atoms with Gasteiger partial charge in [0.2, 0.25) is 0 Å². The van der Waals surface area contributed by atoms with E-state index < -0.39 is 17.5 Å². The van der Waals surface area contributed by atoms with Crippen LogP contribution in [0.15, 0.2) is 121 Å². The van der Waals surface area contributed by atoms with Gasteiger partial charge in [0.1, 0.15) is 48.6 Å². The van der Waals surface area contributed by atoms with E-state index in [2.05, 4.69) is 0 Å². The number of hydrogen-bond donors (Lipinski definition) is 0. The zero-order valence-electron chi connectivity index (χ0n) is 26.8. The molecule has 242 valence electrons. The molecule has 1 aliphatic carbocycles. The van der Waals surface area contributed by atoms with E-state index in [9.17, 15) is 9.59 Å². The van der Waals surface area contributed by atoms with Crippen LogP contribution in [-0.2, 0) is 9.47 Å². The average Bonchev–Trinajstić information content (AvgIpc) is 3.08. The van der Waals surface area contributed by atoms with Gasteiger partial charge in [-0.15, -0.1) is 0 Å². The van der Waals surface area contributed by atoms with E-state index in [1.54, 1.807) is 30.3 Å². The molecule has 0 spiro atoms. The fraction of sp³-hybridized carbons (Fsp3) is 0.231. The molecule has 0 aromatic heterocycles. The van der Waals surface area contributed by atoms with Crippen molar-refractivity contribution < 1.29 is 38.0 Å². The molecule has 4 aromatic carbocycles. The largest absolute Gasteiger partial charge is 0.491 e. The molecular formula is C39H38O8. The first-order chi connectivity index (χ1) is 22.7. The summed E-state index contributed by atoms with van der Waals surface area (Å²) >= 11 is 0. The lowest BCUT2D eigenvalue weighted by Crippen LogP contribution is -2.29. The van der Waals surface area contributed by atoms with Crippen LogP contribution in [0, 0.1) is 13.8 Å². The van der Waals surface area contributed by atoms with Crippen molar-refractivity contribution >= 4 is 11.9 Å². The lowest BCUT2D eigenvalue weighted by molar-refractivity contribution is -0.00869. The summed E-state index contributed by atoms with van der Waals surface area (Å²) in [5, 5.41) is 0. The van der Waals surface area contributed by atoms with Crippen LogP contribution in [0.3, 0.4) is 0 Å². The molecule has 0 fully saturated rings. The molecule has 0 amide bonds. The normalized spacial score (nSPS) is 15.3. The highest BCUT2D eigenvalue weighted by Gasteiger charge is 2.25. The second kappa shape index (κ2) is 15.8. The molecule has 0 bridgehead atoms. The van der Waals surface area contributed by atoms with Crippen molar-refractivity contribution in [3.63, 3.8) is 0 Å². The lowest BCUT2D eigenvalue weighted by atomic mass is 9.97. The number of carbonyl (C=O) groups excluding carboxylic acids is 2. The van der Waals surface area contributed by atoms with Crippen LogP contribution in [0.1, 0.15) is 45.2 Å². The Labute approximate surface area is 275 Å². The zero-order chi connectivity index (χ0) is 33.1.